The van der Waals surface area contributed by atoms with Gasteiger partial charge in [0.25, 0.3) is 0 Å². The molecule has 0 amide bonds. The van der Waals surface area contributed by atoms with Crippen LogP contribution in [-0.2, 0) is 0 Å². The van der Waals surface area contributed by atoms with Crippen molar-refractivity contribution in [2.24, 2.45) is 4.99 Å². The van der Waals surface area contributed by atoms with Crippen LogP contribution < -0.4 is 10.0 Å². The molecule has 1 aliphatic rings. The molecule has 0 fully saturated rings. The maximum Gasteiger partial charge on any atom is 0.211 e. The second-order valence-electron chi connectivity index (χ2n) is 4.70. The smallest absolute Gasteiger partial charge is 0.211 e. The number of phenols is 1. The van der Waals surface area contributed by atoms with E-state index in [0.717, 1.165) is 21.6 Å². The Hall–Kier alpha value is -2.38. The molecule has 0 saturated carbocycles. The van der Waals surface area contributed by atoms with E-state index in [1.54, 1.807) is 12.4 Å². The molecule has 3 aromatic rings. The van der Waals surface area contributed by atoms with Crippen LogP contribution in [0.1, 0.15) is 0 Å². The number of aromatic nitrogens is 2. The van der Waals surface area contributed by atoms with Gasteiger partial charge in [0.2, 0.25) is 5.96 Å². The third-order valence-electron chi connectivity index (χ3n) is 3.18. The van der Waals surface area contributed by atoms with Crippen LogP contribution in [0.4, 0.5) is 11.4 Å². The molecule has 1 aliphatic heterocycles. The predicted octanol–water partition coefficient (Wildman–Crippen LogP) is 3.63. The van der Waals surface area contributed by atoms with Crippen molar-refractivity contribution in [2.75, 3.05) is 5.32 Å². The average molecular weight is 332 g/mol. The van der Waals surface area contributed by atoms with Gasteiger partial charge in [-0.15, -0.1) is 0 Å². The topological polar surface area (TPSA) is 85.3 Å². The number of nitrogens with zero attached hydrogens (tertiary/aromatic N) is 2. The molecular weight excluding hydrogens is 322 g/mol. The van der Waals surface area contributed by atoms with Gasteiger partial charge < -0.3 is 15.4 Å². The fourth-order valence-corrected chi connectivity index (χ4v) is 3.21. The number of nitrogens with one attached hydrogen (secondary N) is 3. The van der Waals surface area contributed by atoms with Crippen LogP contribution in [0.3, 0.4) is 0 Å². The van der Waals surface area contributed by atoms with Crippen LogP contribution in [0.25, 0.3) is 11.0 Å². The van der Waals surface area contributed by atoms with Gasteiger partial charge in [0, 0.05) is 16.8 Å². The highest BCUT2D eigenvalue weighted by Gasteiger charge is 2.17. The van der Waals surface area contributed by atoms with E-state index in [1.807, 2.05) is 18.2 Å². The highest BCUT2D eigenvalue weighted by molar-refractivity contribution is 7.98. The van der Waals surface area contributed by atoms with Crippen LogP contribution in [0, 0.1) is 0 Å². The van der Waals surface area contributed by atoms with Gasteiger partial charge in [-0.05, 0) is 36.2 Å². The summed E-state index contributed by atoms with van der Waals surface area (Å²) in [5.74, 6) is 0.591. The van der Waals surface area contributed by atoms with Crippen molar-refractivity contribution in [3.63, 3.8) is 0 Å². The Morgan fingerprint density at radius 1 is 1.23 bits per heavy atom. The first-order chi connectivity index (χ1) is 10.7. The van der Waals surface area contributed by atoms with Gasteiger partial charge in [-0.1, -0.05) is 11.6 Å². The summed E-state index contributed by atoms with van der Waals surface area (Å²) < 4.78 is 3.08. The van der Waals surface area contributed by atoms with E-state index in [4.69, 9.17) is 11.6 Å². The quantitative estimate of drug-likeness (QED) is 0.512. The summed E-state index contributed by atoms with van der Waals surface area (Å²) in [5, 5.41) is 13.6. The van der Waals surface area contributed by atoms with Crippen molar-refractivity contribution in [1.29, 1.82) is 0 Å². The van der Waals surface area contributed by atoms with E-state index in [-0.39, 0.29) is 5.75 Å². The van der Waals surface area contributed by atoms with Crippen molar-refractivity contribution in [3.05, 3.63) is 41.7 Å². The highest BCUT2D eigenvalue weighted by atomic mass is 35.5. The molecule has 4 N–H and O–H groups in total. The summed E-state index contributed by atoms with van der Waals surface area (Å²) in [7, 11) is 0. The van der Waals surface area contributed by atoms with Gasteiger partial charge in [-0.25, -0.2) is 9.98 Å². The minimum atomic E-state index is 0.0554. The Balaban J connectivity index is 1.67. The fourth-order valence-electron chi connectivity index (χ4n) is 2.19. The molecule has 2 heterocycles. The number of benzene rings is 2. The number of fused-ring (bicyclic) bond motifs is 2. The molecule has 0 unspecified atom stereocenters. The Bertz CT molecular complexity index is 907. The van der Waals surface area contributed by atoms with E-state index < -0.39 is 0 Å². The minimum Gasteiger partial charge on any atom is -0.506 e. The molecule has 110 valence electrons. The summed E-state index contributed by atoms with van der Waals surface area (Å²) in [4.78, 5) is 12.4. The van der Waals surface area contributed by atoms with Crippen LogP contribution >= 0.6 is 23.5 Å². The Labute approximate surface area is 134 Å². The molecule has 22 heavy (non-hydrogen) atoms. The number of anilines is 1. The van der Waals surface area contributed by atoms with Gasteiger partial charge in [-0.3, -0.25) is 4.72 Å². The number of imidazole rings is 1. The van der Waals surface area contributed by atoms with Crippen LogP contribution in [0.15, 0.2) is 46.5 Å². The van der Waals surface area contributed by atoms with Gasteiger partial charge in [-0.2, -0.15) is 0 Å². The number of hydrogen-bond acceptors (Lipinski definition) is 6. The summed E-state index contributed by atoms with van der Waals surface area (Å²) in [6.07, 6.45) is 1.65. The lowest BCUT2D eigenvalue weighted by molar-refractivity contribution is 0.475. The first kappa shape index (κ1) is 13.3. The van der Waals surface area contributed by atoms with Crippen molar-refractivity contribution in [1.82, 2.24) is 14.7 Å². The molecule has 0 atom stereocenters. The molecule has 0 saturated heterocycles. The van der Waals surface area contributed by atoms with Crippen LogP contribution in [-0.4, -0.2) is 21.0 Å². The van der Waals surface area contributed by atoms with E-state index in [2.05, 4.69) is 25.0 Å². The monoisotopic (exact) mass is 331 g/mol. The van der Waals surface area contributed by atoms with Crippen molar-refractivity contribution < 1.29 is 5.11 Å². The molecule has 0 bridgehead atoms. The minimum absolute atomic E-state index is 0.0554. The number of guanidine groups is 1. The number of aliphatic imine (C=N–C) groups is 1. The second kappa shape index (κ2) is 5.11. The summed E-state index contributed by atoms with van der Waals surface area (Å²) in [6.45, 7) is 0. The Morgan fingerprint density at radius 2 is 2.14 bits per heavy atom. The zero-order valence-electron chi connectivity index (χ0n) is 11.1. The number of rotatable bonds is 1. The SMILES string of the molecule is Oc1cc(Cl)cc2c1N=C(Nc1ccc3nc[nH]c3c1)NS2. The van der Waals surface area contributed by atoms with Crippen molar-refractivity contribution in [3.8, 4) is 5.75 Å². The van der Waals surface area contributed by atoms with Crippen LogP contribution in [0.5, 0.6) is 5.75 Å². The third kappa shape index (κ3) is 2.34. The maximum absolute atomic E-state index is 9.96. The molecule has 0 radical (unpaired) electrons. The normalized spacial score (nSPS) is 13.4. The molecule has 2 aromatic carbocycles. The number of hydrogen-bond donors (Lipinski definition) is 4. The summed E-state index contributed by atoms with van der Waals surface area (Å²) in [5.41, 5.74) is 3.19. The van der Waals surface area contributed by atoms with Gasteiger partial charge in [0.1, 0.15) is 11.4 Å². The number of aromatic hydroxyl groups is 1. The van der Waals surface area contributed by atoms with E-state index in [1.165, 1.54) is 18.0 Å². The molecule has 0 spiro atoms. The highest BCUT2D eigenvalue weighted by Crippen LogP contribution is 2.41. The average Bonchev–Trinajstić information content (AvgIpc) is 2.95. The lowest BCUT2D eigenvalue weighted by Crippen LogP contribution is -2.26. The van der Waals surface area contributed by atoms with E-state index >= 15 is 0 Å². The number of phenolic OH excluding ortho intramolecular Hbond substituents is 1. The number of halogens is 1. The fraction of sp³-hybridized carbons (Fsp3) is 0. The second-order valence-corrected chi connectivity index (χ2v) is 5.98. The molecule has 1 aromatic heterocycles. The zero-order valence-corrected chi connectivity index (χ0v) is 12.7. The number of aromatic amines is 1. The molecule has 6 nitrogen and oxygen atoms in total. The molecule has 0 aliphatic carbocycles. The lowest BCUT2D eigenvalue weighted by Gasteiger charge is -2.18. The van der Waals surface area contributed by atoms with Gasteiger partial charge >= 0.3 is 0 Å². The Morgan fingerprint density at radius 3 is 3.05 bits per heavy atom. The summed E-state index contributed by atoms with van der Waals surface area (Å²) in [6, 6.07) is 8.99. The van der Waals surface area contributed by atoms with Gasteiger partial charge in [0.15, 0.2) is 0 Å². The number of H-pyrrole nitrogens is 1. The Kier molecular flexibility index (Phi) is 3.09. The van der Waals surface area contributed by atoms with E-state index in [9.17, 15) is 5.11 Å². The lowest BCUT2D eigenvalue weighted by atomic mass is 10.3. The first-order valence-electron chi connectivity index (χ1n) is 6.43. The first-order valence-corrected chi connectivity index (χ1v) is 7.63. The van der Waals surface area contributed by atoms with Gasteiger partial charge in [0.05, 0.1) is 22.3 Å². The standard InChI is InChI=1S/C14H10ClN5OS/c15-7-3-11(21)13-12(4-7)22-20-14(19-13)18-8-1-2-9-10(5-8)17-6-16-9/h1-6,21H,(H,16,17)(H2,18,19,20). The predicted molar refractivity (Wildman–Crippen MR) is 88.9 cm³/mol. The largest absolute Gasteiger partial charge is 0.506 e. The maximum atomic E-state index is 9.96. The third-order valence-corrected chi connectivity index (χ3v) is 4.23. The van der Waals surface area contributed by atoms with E-state index in [0.29, 0.717) is 16.7 Å². The van der Waals surface area contributed by atoms with Crippen molar-refractivity contribution in [2.45, 2.75) is 4.90 Å². The molecule has 4 rings (SSSR count). The van der Waals surface area contributed by atoms with Crippen molar-refractivity contribution >= 4 is 51.9 Å². The molecule has 8 heteroatoms. The zero-order chi connectivity index (χ0) is 15.1. The van der Waals surface area contributed by atoms with Crippen LogP contribution in [0.2, 0.25) is 5.02 Å². The summed E-state index contributed by atoms with van der Waals surface area (Å²) >= 11 is 7.26. The molecular formula is C14H10ClN5OS.